The van der Waals surface area contributed by atoms with Crippen LogP contribution < -0.4 is 0 Å². The monoisotopic (exact) mass is 220 g/mol. The number of esters is 1. The molecule has 2 aliphatic rings. The number of allylic oxidation sites excluding steroid dienone is 3. The molecule has 0 radical (unpaired) electrons. The Bertz CT molecular complexity index is 363. The van der Waals surface area contributed by atoms with Gasteiger partial charge in [-0.1, -0.05) is 19.9 Å². The average molecular weight is 220 g/mol. The molecular formula is C14H20O2. The standard InChI is InChI=1S/C14H20O2/c1-5-14(3,4)8-11-6-10-7-12(10)13(11)16-9(2)15/h5,10,12H,1,6-8H2,2-4H3. The zero-order valence-electron chi connectivity index (χ0n) is 10.4. The van der Waals surface area contributed by atoms with Crippen molar-refractivity contribution in [1.82, 2.24) is 0 Å². The average Bonchev–Trinajstić information content (AvgIpc) is 2.86. The molecule has 2 unspecified atom stereocenters. The van der Waals surface area contributed by atoms with Crippen LogP contribution in [0, 0.1) is 17.3 Å². The van der Waals surface area contributed by atoms with Crippen LogP contribution in [0.5, 0.6) is 0 Å². The van der Waals surface area contributed by atoms with E-state index in [-0.39, 0.29) is 11.4 Å². The first kappa shape index (κ1) is 11.4. The number of carbonyl (C=O) groups is 1. The van der Waals surface area contributed by atoms with Crippen LogP contribution in [0.2, 0.25) is 0 Å². The third-order valence-corrected chi connectivity index (χ3v) is 3.59. The van der Waals surface area contributed by atoms with Gasteiger partial charge in [-0.05, 0) is 36.2 Å². The molecule has 0 N–H and O–H groups in total. The number of ether oxygens (including phenoxy) is 1. The van der Waals surface area contributed by atoms with Crippen molar-refractivity contribution in [2.45, 2.75) is 40.0 Å². The van der Waals surface area contributed by atoms with Gasteiger partial charge in [0.05, 0.1) is 0 Å². The normalized spacial score (nSPS) is 27.7. The highest BCUT2D eigenvalue weighted by Gasteiger charge is 2.49. The summed E-state index contributed by atoms with van der Waals surface area (Å²) in [6.07, 6.45) is 5.27. The SMILES string of the molecule is C=CC(C)(C)CC1=C(OC(C)=O)C2CC2C1. The van der Waals surface area contributed by atoms with Gasteiger partial charge in [-0.3, -0.25) is 4.79 Å². The molecule has 0 aromatic rings. The van der Waals surface area contributed by atoms with Crippen molar-refractivity contribution in [3.05, 3.63) is 24.0 Å². The van der Waals surface area contributed by atoms with Crippen LogP contribution >= 0.6 is 0 Å². The smallest absolute Gasteiger partial charge is 0.307 e. The van der Waals surface area contributed by atoms with Gasteiger partial charge < -0.3 is 4.74 Å². The molecule has 0 saturated heterocycles. The minimum atomic E-state index is -0.184. The minimum Gasteiger partial charge on any atom is -0.431 e. The van der Waals surface area contributed by atoms with Gasteiger partial charge in [-0.15, -0.1) is 6.58 Å². The molecule has 2 rings (SSSR count). The minimum absolute atomic E-state index is 0.0948. The van der Waals surface area contributed by atoms with E-state index in [4.69, 9.17) is 4.74 Å². The molecule has 0 heterocycles. The number of hydrogen-bond acceptors (Lipinski definition) is 2. The maximum atomic E-state index is 11.1. The molecule has 2 atom stereocenters. The summed E-state index contributed by atoms with van der Waals surface area (Å²) < 4.78 is 5.37. The van der Waals surface area contributed by atoms with Gasteiger partial charge in [0.15, 0.2) is 0 Å². The zero-order chi connectivity index (χ0) is 11.9. The van der Waals surface area contributed by atoms with E-state index in [0.29, 0.717) is 5.92 Å². The summed E-state index contributed by atoms with van der Waals surface area (Å²) in [6, 6.07) is 0. The van der Waals surface area contributed by atoms with Gasteiger partial charge in [0, 0.05) is 12.8 Å². The highest BCUT2D eigenvalue weighted by atomic mass is 16.5. The van der Waals surface area contributed by atoms with Crippen LogP contribution in [0.25, 0.3) is 0 Å². The summed E-state index contributed by atoms with van der Waals surface area (Å²) in [4.78, 5) is 11.1. The topological polar surface area (TPSA) is 26.3 Å². The van der Waals surface area contributed by atoms with Crippen LogP contribution in [0.4, 0.5) is 0 Å². The van der Waals surface area contributed by atoms with E-state index in [1.807, 2.05) is 6.08 Å². The Kier molecular flexibility index (Phi) is 2.69. The molecule has 0 spiro atoms. The molecule has 2 aliphatic carbocycles. The molecule has 0 aromatic heterocycles. The van der Waals surface area contributed by atoms with E-state index >= 15 is 0 Å². The fourth-order valence-electron chi connectivity index (χ4n) is 2.56. The van der Waals surface area contributed by atoms with Gasteiger partial charge in [-0.25, -0.2) is 0 Å². The van der Waals surface area contributed by atoms with E-state index in [2.05, 4.69) is 20.4 Å². The van der Waals surface area contributed by atoms with E-state index in [0.717, 1.165) is 24.5 Å². The van der Waals surface area contributed by atoms with E-state index < -0.39 is 0 Å². The van der Waals surface area contributed by atoms with Gasteiger partial charge in [0.1, 0.15) is 5.76 Å². The van der Waals surface area contributed by atoms with Crippen molar-refractivity contribution in [3.8, 4) is 0 Å². The van der Waals surface area contributed by atoms with Gasteiger partial charge >= 0.3 is 5.97 Å². The predicted octanol–water partition coefficient (Wildman–Crippen LogP) is 3.45. The fraction of sp³-hybridized carbons (Fsp3) is 0.643. The number of rotatable bonds is 4. The van der Waals surface area contributed by atoms with E-state index in [1.54, 1.807) is 0 Å². The van der Waals surface area contributed by atoms with Gasteiger partial charge in [0.2, 0.25) is 0 Å². The summed E-state index contributed by atoms with van der Waals surface area (Å²) in [5.41, 5.74) is 1.43. The summed E-state index contributed by atoms with van der Waals surface area (Å²) in [6.45, 7) is 9.68. The van der Waals surface area contributed by atoms with Crippen molar-refractivity contribution in [3.63, 3.8) is 0 Å². The molecular weight excluding hydrogens is 200 g/mol. The van der Waals surface area contributed by atoms with Crippen LogP contribution in [-0.4, -0.2) is 5.97 Å². The van der Waals surface area contributed by atoms with Crippen LogP contribution in [-0.2, 0) is 9.53 Å². The first-order valence-corrected chi connectivity index (χ1v) is 5.97. The summed E-state index contributed by atoms with van der Waals surface area (Å²) in [7, 11) is 0. The highest BCUT2D eigenvalue weighted by molar-refractivity contribution is 5.68. The van der Waals surface area contributed by atoms with Crippen molar-refractivity contribution in [1.29, 1.82) is 0 Å². The summed E-state index contributed by atoms with van der Waals surface area (Å²) in [5.74, 6) is 2.09. The Balaban J connectivity index is 2.13. The van der Waals surface area contributed by atoms with Gasteiger partial charge in [-0.2, -0.15) is 0 Å². The van der Waals surface area contributed by atoms with Crippen molar-refractivity contribution in [2.24, 2.45) is 17.3 Å². The Morgan fingerprint density at radius 3 is 2.88 bits per heavy atom. The number of carbonyl (C=O) groups excluding carboxylic acids is 1. The van der Waals surface area contributed by atoms with E-state index in [1.165, 1.54) is 18.9 Å². The first-order valence-electron chi connectivity index (χ1n) is 5.97. The molecule has 16 heavy (non-hydrogen) atoms. The molecule has 1 fully saturated rings. The summed E-state index contributed by atoms with van der Waals surface area (Å²) in [5, 5.41) is 0. The third kappa shape index (κ3) is 2.21. The molecule has 0 aliphatic heterocycles. The lowest BCUT2D eigenvalue weighted by molar-refractivity contribution is -0.137. The predicted molar refractivity (Wildman–Crippen MR) is 63.6 cm³/mol. The molecule has 2 heteroatoms. The largest absolute Gasteiger partial charge is 0.431 e. The number of hydrogen-bond donors (Lipinski definition) is 0. The second-order valence-corrected chi connectivity index (χ2v) is 5.74. The third-order valence-electron chi connectivity index (χ3n) is 3.59. The van der Waals surface area contributed by atoms with Crippen LogP contribution in [0.1, 0.15) is 40.0 Å². The Hall–Kier alpha value is -1.05. The molecule has 0 aromatic carbocycles. The second kappa shape index (κ2) is 3.76. The van der Waals surface area contributed by atoms with Gasteiger partial charge in [0.25, 0.3) is 0 Å². The second-order valence-electron chi connectivity index (χ2n) is 5.74. The lowest BCUT2D eigenvalue weighted by Crippen LogP contribution is -2.10. The lowest BCUT2D eigenvalue weighted by Gasteiger charge is -2.22. The quantitative estimate of drug-likeness (QED) is 0.536. The highest BCUT2D eigenvalue weighted by Crippen LogP contribution is 2.57. The Morgan fingerprint density at radius 1 is 1.62 bits per heavy atom. The van der Waals surface area contributed by atoms with Crippen LogP contribution in [0.3, 0.4) is 0 Å². The lowest BCUT2D eigenvalue weighted by atomic mass is 9.84. The fourth-order valence-corrected chi connectivity index (χ4v) is 2.56. The van der Waals surface area contributed by atoms with Crippen molar-refractivity contribution < 1.29 is 9.53 Å². The Morgan fingerprint density at radius 2 is 2.31 bits per heavy atom. The van der Waals surface area contributed by atoms with Crippen molar-refractivity contribution in [2.75, 3.05) is 0 Å². The van der Waals surface area contributed by atoms with Crippen molar-refractivity contribution >= 4 is 5.97 Å². The zero-order valence-corrected chi connectivity index (χ0v) is 10.4. The maximum Gasteiger partial charge on any atom is 0.307 e. The molecule has 0 amide bonds. The molecule has 2 nitrogen and oxygen atoms in total. The number of fused-ring (bicyclic) bond motifs is 1. The van der Waals surface area contributed by atoms with E-state index in [9.17, 15) is 4.79 Å². The molecule has 0 bridgehead atoms. The van der Waals surface area contributed by atoms with Crippen LogP contribution in [0.15, 0.2) is 24.0 Å². The summed E-state index contributed by atoms with van der Waals surface area (Å²) >= 11 is 0. The molecule has 88 valence electrons. The Labute approximate surface area is 97.4 Å². The first-order chi connectivity index (χ1) is 7.43. The maximum absolute atomic E-state index is 11.1. The molecule has 1 saturated carbocycles.